The van der Waals surface area contributed by atoms with Gasteiger partial charge < -0.3 is 9.97 Å². The average molecular weight is 373 g/mol. The molecule has 2 heterocycles. The van der Waals surface area contributed by atoms with E-state index in [4.69, 9.17) is 4.99 Å². The van der Waals surface area contributed by atoms with Gasteiger partial charge in [-0.2, -0.15) is 0 Å². The number of H-pyrrole nitrogens is 2. The Hall–Kier alpha value is -3.85. The standard InChI is InChI=1S/C26H19N3/c1-2-8-17(9-3-1)15-27-16-18-14-21-19-10-4-6-12-22(19)28-25(21)26-24(18)20-11-5-7-13-23(20)29-26/h1-14,16,28-29H,15H2. The molecule has 6 rings (SSSR count). The highest BCUT2D eigenvalue weighted by Gasteiger charge is 2.15. The first-order valence-corrected chi connectivity index (χ1v) is 9.86. The Bertz CT molecular complexity index is 1520. The van der Waals surface area contributed by atoms with Crippen LogP contribution in [0.5, 0.6) is 0 Å². The minimum Gasteiger partial charge on any atom is -0.353 e. The SMILES string of the molecule is C(=NCc1ccccc1)c1cc2c3ccccc3[nH]c2c2[nH]c3ccccc3c12. The summed E-state index contributed by atoms with van der Waals surface area (Å²) < 4.78 is 0. The van der Waals surface area contributed by atoms with E-state index < -0.39 is 0 Å². The van der Waals surface area contributed by atoms with E-state index in [1.165, 1.54) is 27.1 Å². The molecule has 0 spiro atoms. The predicted molar refractivity (Wildman–Crippen MR) is 123 cm³/mol. The van der Waals surface area contributed by atoms with Gasteiger partial charge in [0.25, 0.3) is 0 Å². The van der Waals surface area contributed by atoms with Crippen LogP contribution in [-0.2, 0) is 6.54 Å². The van der Waals surface area contributed by atoms with Crippen molar-refractivity contribution in [3.05, 3.63) is 96.1 Å². The molecule has 2 N–H and O–H groups in total. The van der Waals surface area contributed by atoms with Crippen LogP contribution in [0.3, 0.4) is 0 Å². The first kappa shape index (κ1) is 16.1. The summed E-state index contributed by atoms with van der Waals surface area (Å²) in [5.74, 6) is 0. The topological polar surface area (TPSA) is 43.9 Å². The van der Waals surface area contributed by atoms with Crippen molar-refractivity contribution in [1.29, 1.82) is 0 Å². The third kappa shape index (κ3) is 2.55. The maximum atomic E-state index is 4.77. The van der Waals surface area contributed by atoms with E-state index in [1.54, 1.807) is 0 Å². The Morgan fingerprint density at radius 1 is 0.655 bits per heavy atom. The van der Waals surface area contributed by atoms with Crippen molar-refractivity contribution in [3.63, 3.8) is 0 Å². The summed E-state index contributed by atoms with van der Waals surface area (Å²) in [7, 11) is 0. The van der Waals surface area contributed by atoms with Gasteiger partial charge >= 0.3 is 0 Å². The molecule has 0 saturated carbocycles. The maximum Gasteiger partial charge on any atom is 0.0717 e. The van der Waals surface area contributed by atoms with Gasteiger partial charge in [-0.25, -0.2) is 0 Å². The highest BCUT2D eigenvalue weighted by atomic mass is 14.8. The normalized spacial score (nSPS) is 12.1. The van der Waals surface area contributed by atoms with Gasteiger partial charge in [-0.05, 0) is 23.8 Å². The van der Waals surface area contributed by atoms with Gasteiger partial charge in [-0.15, -0.1) is 0 Å². The van der Waals surface area contributed by atoms with E-state index in [0.717, 1.165) is 27.6 Å². The second kappa shape index (κ2) is 6.35. The number of fused-ring (bicyclic) bond motifs is 7. The Labute approximate surface area is 167 Å². The fourth-order valence-corrected chi connectivity index (χ4v) is 4.30. The summed E-state index contributed by atoms with van der Waals surface area (Å²) in [6.45, 7) is 0.677. The van der Waals surface area contributed by atoms with Crippen molar-refractivity contribution >= 4 is 49.8 Å². The number of hydrogen-bond donors (Lipinski definition) is 2. The molecule has 3 nitrogen and oxygen atoms in total. The summed E-state index contributed by atoms with van der Waals surface area (Å²) in [4.78, 5) is 12.0. The summed E-state index contributed by atoms with van der Waals surface area (Å²) in [6.07, 6.45) is 2.02. The Morgan fingerprint density at radius 3 is 2.14 bits per heavy atom. The van der Waals surface area contributed by atoms with Gasteiger partial charge in [0.1, 0.15) is 0 Å². The number of aliphatic imine (C=N–C) groups is 1. The minimum atomic E-state index is 0.677. The third-order valence-electron chi connectivity index (χ3n) is 5.64. The molecule has 2 aromatic heterocycles. The minimum absolute atomic E-state index is 0.677. The molecule has 138 valence electrons. The second-order valence-electron chi connectivity index (χ2n) is 7.43. The first-order chi connectivity index (χ1) is 14.4. The number of nitrogens with zero attached hydrogens (tertiary/aromatic N) is 1. The number of para-hydroxylation sites is 2. The van der Waals surface area contributed by atoms with Crippen LogP contribution < -0.4 is 0 Å². The molecule has 6 aromatic rings. The zero-order valence-corrected chi connectivity index (χ0v) is 15.8. The number of hydrogen-bond acceptors (Lipinski definition) is 1. The van der Waals surface area contributed by atoms with Crippen molar-refractivity contribution in [1.82, 2.24) is 9.97 Å². The Balaban J connectivity index is 1.63. The monoisotopic (exact) mass is 373 g/mol. The van der Waals surface area contributed by atoms with Crippen LogP contribution >= 0.6 is 0 Å². The van der Waals surface area contributed by atoms with Crippen LogP contribution in [0, 0.1) is 0 Å². The number of aromatic amines is 2. The van der Waals surface area contributed by atoms with Crippen molar-refractivity contribution in [2.24, 2.45) is 4.99 Å². The van der Waals surface area contributed by atoms with E-state index in [0.29, 0.717) is 6.54 Å². The van der Waals surface area contributed by atoms with Crippen molar-refractivity contribution in [3.8, 4) is 0 Å². The number of aromatic nitrogens is 2. The van der Waals surface area contributed by atoms with Crippen LogP contribution in [0.2, 0.25) is 0 Å². The van der Waals surface area contributed by atoms with Crippen LogP contribution in [0.4, 0.5) is 0 Å². The molecule has 0 aliphatic heterocycles. The van der Waals surface area contributed by atoms with Crippen molar-refractivity contribution < 1.29 is 0 Å². The lowest BCUT2D eigenvalue weighted by molar-refractivity contribution is 1.08. The maximum absolute atomic E-state index is 4.77. The number of nitrogens with one attached hydrogen (secondary N) is 2. The fraction of sp³-hybridized carbons (Fsp3) is 0.0385. The lowest BCUT2D eigenvalue weighted by Gasteiger charge is -2.02. The van der Waals surface area contributed by atoms with Gasteiger partial charge in [0.05, 0.1) is 17.6 Å². The molecule has 29 heavy (non-hydrogen) atoms. The highest BCUT2D eigenvalue weighted by Crippen LogP contribution is 2.36. The molecular weight excluding hydrogens is 354 g/mol. The van der Waals surface area contributed by atoms with Gasteiger partial charge in [0, 0.05) is 44.4 Å². The van der Waals surface area contributed by atoms with Crippen LogP contribution in [0.25, 0.3) is 43.6 Å². The second-order valence-corrected chi connectivity index (χ2v) is 7.43. The van der Waals surface area contributed by atoms with Crippen LogP contribution in [0.1, 0.15) is 11.1 Å². The average Bonchev–Trinajstić information content (AvgIpc) is 3.33. The summed E-state index contributed by atoms with van der Waals surface area (Å²) in [5.41, 5.74) is 6.95. The van der Waals surface area contributed by atoms with Crippen LogP contribution in [0.15, 0.2) is 89.9 Å². The van der Waals surface area contributed by atoms with E-state index in [1.807, 2.05) is 12.3 Å². The zero-order valence-electron chi connectivity index (χ0n) is 15.8. The van der Waals surface area contributed by atoms with Gasteiger partial charge in [0.15, 0.2) is 0 Å². The number of benzene rings is 4. The molecule has 0 fully saturated rings. The largest absolute Gasteiger partial charge is 0.353 e. The summed E-state index contributed by atoms with van der Waals surface area (Å²) in [5, 5.41) is 4.90. The number of rotatable bonds is 3. The highest BCUT2D eigenvalue weighted by molar-refractivity contribution is 6.25. The smallest absolute Gasteiger partial charge is 0.0717 e. The van der Waals surface area contributed by atoms with Gasteiger partial charge in [-0.3, -0.25) is 4.99 Å². The lowest BCUT2D eigenvalue weighted by atomic mass is 10.0. The van der Waals surface area contributed by atoms with E-state index in [-0.39, 0.29) is 0 Å². The summed E-state index contributed by atoms with van der Waals surface area (Å²) >= 11 is 0. The fourth-order valence-electron chi connectivity index (χ4n) is 4.30. The van der Waals surface area contributed by atoms with Gasteiger partial charge in [0.2, 0.25) is 0 Å². The first-order valence-electron chi connectivity index (χ1n) is 9.86. The molecule has 3 heteroatoms. The zero-order chi connectivity index (χ0) is 19.2. The summed E-state index contributed by atoms with van der Waals surface area (Å²) in [6, 6.07) is 29.6. The van der Waals surface area contributed by atoms with E-state index in [2.05, 4.69) is 88.8 Å². The molecular formula is C26H19N3. The van der Waals surface area contributed by atoms with Crippen LogP contribution in [-0.4, -0.2) is 16.2 Å². The molecule has 0 bridgehead atoms. The molecule has 0 unspecified atom stereocenters. The molecule has 0 atom stereocenters. The molecule has 0 aliphatic rings. The predicted octanol–water partition coefficient (Wildman–Crippen LogP) is 6.57. The molecule has 0 saturated heterocycles. The molecule has 0 amide bonds. The Kier molecular flexibility index (Phi) is 3.53. The van der Waals surface area contributed by atoms with E-state index >= 15 is 0 Å². The van der Waals surface area contributed by atoms with Gasteiger partial charge in [-0.1, -0.05) is 66.7 Å². The molecule has 0 aliphatic carbocycles. The molecule has 4 aromatic carbocycles. The third-order valence-corrected chi connectivity index (χ3v) is 5.64. The quantitative estimate of drug-likeness (QED) is 0.329. The van der Waals surface area contributed by atoms with Crippen molar-refractivity contribution in [2.45, 2.75) is 6.54 Å². The van der Waals surface area contributed by atoms with E-state index in [9.17, 15) is 0 Å². The molecule has 0 radical (unpaired) electrons. The van der Waals surface area contributed by atoms with Crippen molar-refractivity contribution in [2.75, 3.05) is 0 Å². The Morgan fingerprint density at radius 2 is 1.31 bits per heavy atom. The lowest BCUT2D eigenvalue weighted by Crippen LogP contribution is -1.87.